The maximum Gasteiger partial charge on any atom is 0.411 e. The molecular weight excluding hydrogens is 1330 g/mol. The largest absolute Gasteiger partial charge is 0.458 e. The number of nitrogens with one attached hydrogen (secondary N) is 7. The molecule has 540 valence electrons. The molecule has 102 heavy (non-hydrogen) atoms. The number of carbonyl (C=O) groups is 9. The molecule has 6 aromatic rings. The molecule has 0 saturated carbocycles. The summed E-state index contributed by atoms with van der Waals surface area (Å²) in [6.07, 6.45) is -10.8. The number of rotatable bonds is 26. The third kappa shape index (κ3) is 14.9. The smallest absolute Gasteiger partial charge is 0.411 e. The van der Waals surface area contributed by atoms with Crippen molar-refractivity contribution in [1.29, 1.82) is 0 Å². The average molecular weight is 1410 g/mol. The number of benzene rings is 4. The molecule has 0 bridgehead atoms. The zero-order chi connectivity index (χ0) is 73.1. The second kappa shape index (κ2) is 30.6. The number of hydrogen-bond acceptors (Lipinski definition) is 20. The highest BCUT2D eigenvalue weighted by molar-refractivity contribution is 5.96. The van der Waals surface area contributed by atoms with Gasteiger partial charge in [-0.05, 0) is 83.7 Å². The second-order valence-electron chi connectivity index (χ2n) is 26.0. The van der Waals surface area contributed by atoms with Crippen LogP contribution in [-0.2, 0) is 88.9 Å². The predicted octanol–water partition coefficient (Wildman–Crippen LogP) is 0.471. The molecule has 29 nitrogen and oxygen atoms in total. The Bertz CT molecular complexity index is 4320. The summed E-state index contributed by atoms with van der Waals surface area (Å²) in [5, 5.41) is 69.7. The van der Waals surface area contributed by atoms with Gasteiger partial charge in [-0.3, -0.25) is 38.4 Å². The molecule has 8 amide bonds. The van der Waals surface area contributed by atoms with Crippen LogP contribution >= 0.6 is 0 Å². The van der Waals surface area contributed by atoms with Crippen molar-refractivity contribution in [3.63, 3.8) is 0 Å². The number of ether oxygens (including phenoxy) is 4. The van der Waals surface area contributed by atoms with Gasteiger partial charge in [0, 0.05) is 55.4 Å². The Morgan fingerprint density at radius 2 is 1.45 bits per heavy atom. The molecule has 10 atom stereocenters. The van der Waals surface area contributed by atoms with E-state index >= 15 is 8.78 Å². The molecule has 0 spiro atoms. The number of cyclic esters (lactones) is 1. The summed E-state index contributed by atoms with van der Waals surface area (Å²) >= 11 is 0. The highest BCUT2D eigenvalue weighted by atomic mass is 19.1. The van der Waals surface area contributed by atoms with E-state index in [0.29, 0.717) is 33.2 Å². The third-order valence-electron chi connectivity index (χ3n) is 19.3. The van der Waals surface area contributed by atoms with Crippen LogP contribution in [0.2, 0.25) is 0 Å². The summed E-state index contributed by atoms with van der Waals surface area (Å²) in [4.78, 5) is 141. The Balaban J connectivity index is 0.668. The summed E-state index contributed by atoms with van der Waals surface area (Å²) in [6, 6.07) is 23.2. The number of aromatic nitrogens is 2. The van der Waals surface area contributed by atoms with Crippen molar-refractivity contribution in [2.75, 3.05) is 53.2 Å². The van der Waals surface area contributed by atoms with Crippen molar-refractivity contribution in [3.05, 3.63) is 157 Å². The Kier molecular flexibility index (Phi) is 21.9. The number of esters is 1. The Hall–Kier alpha value is -10.2. The van der Waals surface area contributed by atoms with Gasteiger partial charge in [0.2, 0.25) is 35.2 Å². The number of fused-ring (bicyclic) bond motifs is 8. The summed E-state index contributed by atoms with van der Waals surface area (Å²) in [5.41, 5.74) is 1.33. The molecule has 1 fully saturated rings. The molecule has 1 unspecified atom stereocenters. The van der Waals surface area contributed by atoms with Crippen LogP contribution in [0.15, 0.2) is 95.8 Å². The monoisotopic (exact) mass is 1410 g/mol. The number of carbonyl (C=O) groups excluding carboxylic acids is 9. The SMILES string of the molecule is CC[C@@]1(O)C(=O)OCc2c1cc1n(c2=O)Cc2c-1nc1cc(F)c(C)c3c1c2[C@@H](NC(=O)C(C)(F)COCNC(=O)CNC(=O)[C@H](Cc1ccccc1)NC(=O)CNC(=O)CNC(=O)[C@H](CCC(=O)NC[C@@H]1O[C@H](CO)[C@@H](O)[C@H](O)[C@H]1O)OC(=O)N(C)C1c2ccccc2-c2ccccc21)CC3. The van der Waals surface area contributed by atoms with Crippen LogP contribution in [0, 0.1) is 12.7 Å². The molecule has 12 N–H and O–H groups in total. The lowest BCUT2D eigenvalue weighted by Crippen LogP contribution is -2.60. The predicted molar refractivity (Wildman–Crippen MR) is 356 cm³/mol. The van der Waals surface area contributed by atoms with Crippen LogP contribution in [0.25, 0.3) is 33.4 Å². The Labute approximate surface area is 581 Å². The highest BCUT2D eigenvalue weighted by Crippen LogP contribution is 2.48. The molecule has 5 heterocycles. The van der Waals surface area contributed by atoms with Gasteiger partial charge >= 0.3 is 12.1 Å². The number of pyridine rings is 2. The van der Waals surface area contributed by atoms with Gasteiger partial charge in [0.25, 0.3) is 17.4 Å². The van der Waals surface area contributed by atoms with Crippen LogP contribution < -0.4 is 42.8 Å². The first-order chi connectivity index (χ1) is 48.7. The van der Waals surface area contributed by atoms with Crippen molar-refractivity contribution >= 4 is 64.3 Å². The first-order valence-electron chi connectivity index (χ1n) is 33.2. The quantitative estimate of drug-likeness (QED) is 0.0199. The van der Waals surface area contributed by atoms with E-state index in [1.807, 2.05) is 48.5 Å². The second-order valence-corrected chi connectivity index (χ2v) is 26.0. The van der Waals surface area contributed by atoms with Crippen LogP contribution in [0.4, 0.5) is 13.6 Å². The van der Waals surface area contributed by atoms with Gasteiger partial charge < -0.3 is 91.2 Å². The van der Waals surface area contributed by atoms with Crippen molar-refractivity contribution in [1.82, 2.24) is 51.7 Å². The fourth-order valence-electron chi connectivity index (χ4n) is 13.6. The zero-order valence-corrected chi connectivity index (χ0v) is 56.0. The van der Waals surface area contributed by atoms with E-state index in [1.54, 1.807) is 44.2 Å². The van der Waals surface area contributed by atoms with E-state index in [9.17, 15) is 73.5 Å². The van der Waals surface area contributed by atoms with Crippen LogP contribution in [0.3, 0.4) is 0 Å². The van der Waals surface area contributed by atoms with Crippen LogP contribution in [-0.4, -0.2) is 195 Å². The Morgan fingerprint density at radius 3 is 2.14 bits per heavy atom. The molecule has 4 aromatic carbocycles. The van der Waals surface area contributed by atoms with Gasteiger partial charge in [-0.25, -0.2) is 23.4 Å². The molecule has 11 rings (SSSR count). The molecule has 2 aliphatic carbocycles. The van der Waals surface area contributed by atoms with Crippen molar-refractivity contribution < 1.29 is 96.4 Å². The van der Waals surface area contributed by atoms with Gasteiger partial charge in [0.15, 0.2) is 11.7 Å². The van der Waals surface area contributed by atoms with Gasteiger partial charge in [0.1, 0.15) is 55.7 Å². The van der Waals surface area contributed by atoms with Crippen LogP contribution in [0.1, 0.15) is 102 Å². The molecular formula is C71H78F2N10O19. The molecule has 31 heteroatoms. The minimum atomic E-state index is -2.72. The maximum absolute atomic E-state index is 16.5. The zero-order valence-electron chi connectivity index (χ0n) is 56.0. The lowest BCUT2D eigenvalue weighted by Gasteiger charge is -2.40. The Morgan fingerprint density at radius 1 is 0.804 bits per heavy atom. The number of aryl methyl sites for hydroxylation is 1. The van der Waals surface area contributed by atoms with E-state index in [0.717, 1.165) is 29.2 Å². The van der Waals surface area contributed by atoms with E-state index in [1.165, 1.54) is 28.6 Å². The van der Waals surface area contributed by atoms with Crippen molar-refractivity contribution in [2.24, 2.45) is 0 Å². The number of aliphatic hydroxyl groups excluding tert-OH is 4. The molecule has 3 aliphatic heterocycles. The van der Waals surface area contributed by atoms with E-state index < -0.39 is 190 Å². The van der Waals surface area contributed by atoms with Crippen molar-refractivity contribution in [2.45, 2.75) is 138 Å². The topological polar surface area (TPSA) is 414 Å². The number of aliphatic hydroxyl groups is 5. The molecule has 2 aromatic heterocycles. The molecule has 5 aliphatic rings. The average Bonchev–Trinajstić information content (AvgIpc) is 1.48. The van der Waals surface area contributed by atoms with Crippen LogP contribution in [0.5, 0.6) is 0 Å². The first-order valence-corrected chi connectivity index (χ1v) is 33.2. The fourth-order valence-corrected chi connectivity index (χ4v) is 13.6. The summed E-state index contributed by atoms with van der Waals surface area (Å²) in [7, 11) is 1.47. The number of hydrogen-bond donors (Lipinski definition) is 12. The highest BCUT2D eigenvalue weighted by Gasteiger charge is 2.48. The molecule has 1 saturated heterocycles. The summed E-state index contributed by atoms with van der Waals surface area (Å²) < 4.78 is 55.2. The number of amides is 8. The molecule has 0 radical (unpaired) electrons. The maximum atomic E-state index is 16.5. The third-order valence-corrected chi connectivity index (χ3v) is 19.3. The standard InChI is InChI=1S/C71H78F2N10O19/c1-5-71(98)44-24-49-59-42(30-83(49)66(94)43(44)32-100-68(71)96)58-46(20-19-37-35(2)45(72)25-47(80-59)57(37)58)81-67(95)70(3,73)33-99-34-78-55(87)28-76-64(92)48(23-36-13-7-6-8-14-36)79-56(88)29-75-54(86)27-77-65(93)50(21-22-53(85)74-26-51-61(89)63(91)62(90)52(31-84)101-51)102-69(97)82(4)60-40-17-11-9-15-38(40)39-16-10-12-18-41(39)60/h6-18,24-25,46,48,50-52,60-63,84,89-91,98H,5,19-23,26-34H2,1-4H3,(H,74,85)(H,75,86)(H,76,92)(H,77,93)(H,78,87)(H,79,88)(H,81,95)/t46-,48-,50-,51-,52+,61-,62+,63+,70?,71-/m0/s1. The normalized spacial score (nSPS) is 21.0. The summed E-state index contributed by atoms with van der Waals surface area (Å²) in [6.45, 7) is -1.05. The fraction of sp³-hybridized carbons (Fsp3) is 0.423. The van der Waals surface area contributed by atoms with E-state index in [-0.39, 0.29) is 66.9 Å². The van der Waals surface area contributed by atoms with Gasteiger partial charge in [-0.2, -0.15) is 0 Å². The lowest BCUT2D eigenvalue weighted by molar-refractivity contribution is -0.227. The lowest BCUT2D eigenvalue weighted by atomic mass is 9.81. The van der Waals surface area contributed by atoms with E-state index in [4.69, 9.17) is 23.9 Å². The minimum absolute atomic E-state index is 0.0571. The number of halogens is 2. The number of alkyl halides is 1. The minimum Gasteiger partial charge on any atom is -0.458 e. The first kappa shape index (κ1) is 73.1. The van der Waals surface area contributed by atoms with E-state index in [2.05, 4.69) is 37.2 Å². The van der Waals surface area contributed by atoms with Gasteiger partial charge in [0.05, 0.1) is 73.9 Å². The van der Waals surface area contributed by atoms with Gasteiger partial charge in [-0.1, -0.05) is 85.8 Å². The van der Waals surface area contributed by atoms with Crippen molar-refractivity contribution in [3.8, 4) is 22.5 Å². The number of nitrogens with zero attached hydrogens (tertiary/aromatic N) is 3. The van der Waals surface area contributed by atoms with Gasteiger partial charge in [-0.15, -0.1) is 0 Å². The summed E-state index contributed by atoms with van der Waals surface area (Å²) in [5.74, 6) is -7.73.